The quantitative estimate of drug-likeness (QED) is 0.360. The van der Waals surface area contributed by atoms with Crippen LogP contribution in [0.1, 0.15) is 99.8 Å². The summed E-state index contributed by atoms with van der Waals surface area (Å²) in [6, 6.07) is 0. The maximum Gasteiger partial charge on any atom is 0.302 e. The third-order valence-electron chi connectivity index (χ3n) is 10.5. The van der Waals surface area contributed by atoms with Crippen LogP contribution in [-0.2, 0) is 23.9 Å². The Hall–Kier alpha value is -1.95. The van der Waals surface area contributed by atoms with E-state index in [1.165, 1.54) is 25.0 Å². The van der Waals surface area contributed by atoms with E-state index in [0.29, 0.717) is 31.6 Å². The van der Waals surface area contributed by atoms with Crippen LogP contribution in [0.25, 0.3) is 0 Å². The molecule has 6 heteroatoms. The number of rotatable bonds is 6. The van der Waals surface area contributed by atoms with Gasteiger partial charge in [0.1, 0.15) is 12.2 Å². The number of carbonyl (C=O) groups excluding carboxylic acids is 3. The molecule has 206 valence electrons. The van der Waals surface area contributed by atoms with E-state index in [2.05, 4.69) is 19.9 Å². The van der Waals surface area contributed by atoms with Gasteiger partial charge >= 0.3 is 11.9 Å². The van der Waals surface area contributed by atoms with Crippen LogP contribution in [0.15, 0.2) is 23.3 Å². The summed E-state index contributed by atoms with van der Waals surface area (Å²) in [7, 11) is 0. The van der Waals surface area contributed by atoms with Gasteiger partial charge in [0.2, 0.25) is 0 Å². The molecular formula is C31H46O6. The number of hydrogen-bond acceptors (Lipinski definition) is 6. The minimum absolute atomic E-state index is 0.0997. The van der Waals surface area contributed by atoms with E-state index in [1.807, 2.05) is 26.8 Å². The number of hydrogen-bond donors (Lipinski definition) is 1. The number of aliphatic hydroxyl groups is 1. The number of esters is 2. The van der Waals surface area contributed by atoms with Gasteiger partial charge in [-0.05, 0) is 95.0 Å². The fourth-order valence-electron chi connectivity index (χ4n) is 9.08. The number of allylic oxidation sites excluding steroid dienone is 3. The van der Waals surface area contributed by atoms with Crippen molar-refractivity contribution in [2.45, 2.75) is 118 Å². The molecule has 6 nitrogen and oxygen atoms in total. The Morgan fingerprint density at radius 3 is 2.38 bits per heavy atom. The first-order valence-corrected chi connectivity index (χ1v) is 14.1. The lowest BCUT2D eigenvalue weighted by Crippen LogP contribution is -2.60. The predicted octanol–water partition coefficient (Wildman–Crippen LogP) is 5.72. The van der Waals surface area contributed by atoms with Crippen LogP contribution in [-0.4, -0.2) is 40.6 Å². The summed E-state index contributed by atoms with van der Waals surface area (Å²) in [6.07, 6.45) is 9.04. The summed E-state index contributed by atoms with van der Waals surface area (Å²) >= 11 is 0. The number of ether oxygens (including phenoxy) is 2. The molecule has 4 rings (SSSR count). The third-order valence-corrected chi connectivity index (χ3v) is 10.5. The summed E-state index contributed by atoms with van der Waals surface area (Å²) in [5.74, 6) is -0.0498. The fraction of sp³-hybridized carbons (Fsp3) is 0.774. The average molecular weight is 515 g/mol. The highest BCUT2D eigenvalue weighted by Gasteiger charge is 2.69. The lowest BCUT2D eigenvalue weighted by atomic mass is 9.45. The van der Waals surface area contributed by atoms with Gasteiger partial charge < -0.3 is 14.6 Å². The van der Waals surface area contributed by atoms with Gasteiger partial charge in [0, 0.05) is 31.6 Å². The third kappa shape index (κ3) is 4.95. The zero-order valence-corrected chi connectivity index (χ0v) is 23.8. The van der Waals surface area contributed by atoms with E-state index in [1.54, 1.807) is 0 Å². The van der Waals surface area contributed by atoms with Gasteiger partial charge in [-0.25, -0.2) is 0 Å². The number of fused-ring (bicyclic) bond motifs is 5. The van der Waals surface area contributed by atoms with Gasteiger partial charge in [-0.2, -0.15) is 0 Å². The highest BCUT2D eigenvalue weighted by molar-refractivity contribution is 5.91. The Labute approximate surface area is 222 Å². The van der Waals surface area contributed by atoms with Crippen molar-refractivity contribution in [3.63, 3.8) is 0 Å². The molecule has 37 heavy (non-hydrogen) atoms. The van der Waals surface area contributed by atoms with E-state index < -0.39 is 23.2 Å². The van der Waals surface area contributed by atoms with Crippen LogP contribution in [0.4, 0.5) is 0 Å². The van der Waals surface area contributed by atoms with Gasteiger partial charge in [0.05, 0.1) is 5.60 Å². The van der Waals surface area contributed by atoms with Crippen LogP contribution < -0.4 is 0 Å². The maximum atomic E-state index is 12.4. The van der Waals surface area contributed by atoms with Crippen molar-refractivity contribution in [3.05, 3.63) is 23.3 Å². The van der Waals surface area contributed by atoms with Gasteiger partial charge in [-0.1, -0.05) is 31.1 Å². The van der Waals surface area contributed by atoms with Gasteiger partial charge in [0.15, 0.2) is 5.78 Å². The maximum absolute atomic E-state index is 12.4. The van der Waals surface area contributed by atoms with Crippen LogP contribution in [0, 0.1) is 34.5 Å². The molecule has 0 heterocycles. The minimum atomic E-state index is -1.11. The average Bonchev–Trinajstić information content (AvgIpc) is 3.07. The molecule has 3 saturated carbocycles. The first-order chi connectivity index (χ1) is 17.2. The Morgan fingerprint density at radius 1 is 1.08 bits per heavy atom. The Morgan fingerprint density at radius 2 is 1.76 bits per heavy atom. The number of ketones is 1. The Bertz CT molecular complexity index is 1000. The van der Waals surface area contributed by atoms with E-state index in [0.717, 1.165) is 25.7 Å². The second-order valence-corrected chi connectivity index (χ2v) is 13.2. The first-order valence-electron chi connectivity index (χ1n) is 14.1. The first kappa shape index (κ1) is 28.1. The highest BCUT2D eigenvalue weighted by Crippen LogP contribution is 2.69. The van der Waals surface area contributed by atoms with E-state index in [4.69, 9.17) is 9.47 Å². The highest BCUT2D eigenvalue weighted by atomic mass is 16.6. The minimum Gasteiger partial charge on any atom is -0.462 e. The van der Waals surface area contributed by atoms with Crippen LogP contribution >= 0.6 is 0 Å². The van der Waals surface area contributed by atoms with E-state index in [-0.39, 0.29) is 40.9 Å². The molecule has 0 aliphatic heterocycles. The number of carbonyl (C=O) groups is 3. The topological polar surface area (TPSA) is 89.9 Å². The summed E-state index contributed by atoms with van der Waals surface area (Å²) in [6.45, 7) is 13.3. The molecule has 0 bridgehead atoms. The van der Waals surface area contributed by atoms with Crippen molar-refractivity contribution in [1.82, 2.24) is 0 Å². The van der Waals surface area contributed by atoms with Crippen LogP contribution in [0.2, 0.25) is 0 Å². The van der Waals surface area contributed by atoms with Crippen LogP contribution in [0.5, 0.6) is 0 Å². The van der Waals surface area contributed by atoms with Crippen molar-refractivity contribution in [2.24, 2.45) is 34.5 Å². The molecule has 0 amide bonds. The smallest absolute Gasteiger partial charge is 0.302 e. The molecule has 3 unspecified atom stereocenters. The van der Waals surface area contributed by atoms with Gasteiger partial charge in [0.25, 0.3) is 0 Å². The van der Waals surface area contributed by atoms with Crippen molar-refractivity contribution >= 4 is 17.7 Å². The molecule has 3 fully saturated rings. The molecule has 9 atom stereocenters. The Kier molecular flexibility index (Phi) is 7.57. The molecule has 0 radical (unpaired) electrons. The lowest BCUT2D eigenvalue weighted by Gasteiger charge is -2.60. The second kappa shape index (κ2) is 9.98. The van der Waals surface area contributed by atoms with Gasteiger partial charge in [-0.15, -0.1) is 0 Å². The molecule has 4 aliphatic carbocycles. The zero-order valence-electron chi connectivity index (χ0n) is 23.8. The monoisotopic (exact) mass is 514 g/mol. The molecule has 0 aromatic rings. The van der Waals surface area contributed by atoms with Gasteiger partial charge in [-0.3, -0.25) is 14.4 Å². The SMILES string of the molecule is CC(=O)O[C@H]1CC2C3CCC4=CC(=O)CC[C@]4(C)C3C[C@@H](OC(C)=O)[C@]2(C)[C@H]1[C@@](C)(O)CCC=C(C)C. The molecule has 1 N–H and O–H groups in total. The molecule has 0 saturated heterocycles. The molecule has 0 aromatic heterocycles. The zero-order chi connectivity index (χ0) is 27.3. The van der Waals surface area contributed by atoms with Crippen LogP contribution in [0.3, 0.4) is 0 Å². The summed E-state index contributed by atoms with van der Waals surface area (Å²) < 4.78 is 12.1. The molecule has 0 aromatic carbocycles. The summed E-state index contributed by atoms with van der Waals surface area (Å²) in [5.41, 5.74) is 0.698. The van der Waals surface area contributed by atoms with Crippen molar-refractivity contribution in [3.8, 4) is 0 Å². The predicted molar refractivity (Wildman–Crippen MR) is 141 cm³/mol. The fourth-order valence-corrected chi connectivity index (χ4v) is 9.08. The molecule has 4 aliphatic rings. The summed E-state index contributed by atoms with van der Waals surface area (Å²) in [5, 5.41) is 12.0. The Balaban J connectivity index is 1.79. The summed E-state index contributed by atoms with van der Waals surface area (Å²) in [4.78, 5) is 37.0. The van der Waals surface area contributed by atoms with Crippen molar-refractivity contribution < 1.29 is 29.0 Å². The van der Waals surface area contributed by atoms with Crippen molar-refractivity contribution in [2.75, 3.05) is 0 Å². The largest absolute Gasteiger partial charge is 0.462 e. The lowest BCUT2D eigenvalue weighted by molar-refractivity contribution is -0.201. The standard InChI is InChI=1S/C31H46O6/c1-18(2)9-8-13-30(6,35)28-26(36-19(3)32)16-25-23-11-10-21-15-22(34)12-14-29(21,5)24(23)17-27(31(25,28)7)37-20(4)33/h9,15,23-28,35H,8,10-14,16-17H2,1-7H3/t23?,24?,25?,26-,27+,28+,29-,30-,31+/m0/s1. The molecule has 0 spiro atoms. The molecular weight excluding hydrogens is 468 g/mol. The van der Waals surface area contributed by atoms with E-state index >= 15 is 0 Å². The second-order valence-electron chi connectivity index (χ2n) is 13.2. The van der Waals surface area contributed by atoms with Crippen molar-refractivity contribution in [1.29, 1.82) is 0 Å². The van der Waals surface area contributed by atoms with E-state index in [9.17, 15) is 19.5 Å². The normalized spacial score (nSPS) is 40.3.